The number of amides is 2. The molecule has 0 unspecified atom stereocenters. The molecule has 0 saturated heterocycles. The summed E-state index contributed by atoms with van der Waals surface area (Å²) in [6.07, 6.45) is 0. The minimum absolute atomic E-state index is 0.00743. The molecular formula is C11H16N2O5Si. The second-order valence-electron chi connectivity index (χ2n) is 3.63. The highest BCUT2D eigenvalue weighted by molar-refractivity contribution is 6.76. The first-order chi connectivity index (χ1) is 8.93. The molecule has 8 heteroatoms. The van der Waals surface area contributed by atoms with E-state index in [9.17, 15) is 9.59 Å². The van der Waals surface area contributed by atoms with Gasteiger partial charge in [0.05, 0.1) is 11.1 Å². The van der Waals surface area contributed by atoms with Gasteiger partial charge in [-0.3, -0.25) is 9.59 Å². The second kappa shape index (κ2) is 5.93. The average molecular weight is 284 g/mol. The molecule has 19 heavy (non-hydrogen) atoms. The summed E-state index contributed by atoms with van der Waals surface area (Å²) >= 11 is 0. The topological polar surface area (TPSA) is 114 Å². The van der Waals surface area contributed by atoms with Gasteiger partial charge in [0.1, 0.15) is 0 Å². The van der Waals surface area contributed by atoms with E-state index < -0.39 is 20.6 Å². The molecule has 104 valence electrons. The third-order valence-corrected chi connectivity index (χ3v) is 5.40. The van der Waals surface area contributed by atoms with Gasteiger partial charge in [-0.1, -0.05) is 12.1 Å². The van der Waals surface area contributed by atoms with Crippen molar-refractivity contribution in [1.29, 1.82) is 0 Å². The maximum atomic E-state index is 11.6. The Morgan fingerprint density at radius 1 is 1.00 bits per heavy atom. The van der Waals surface area contributed by atoms with Crippen LogP contribution in [0.25, 0.3) is 0 Å². The monoisotopic (exact) mass is 284 g/mol. The lowest BCUT2D eigenvalue weighted by molar-refractivity contribution is 0.0965. The molecule has 1 aromatic carbocycles. The molecule has 0 atom stereocenters. The summed E-state index contributed by atoms with van der Waals surface area (Å²) in [5.74, 6) is -1.56. The molecule has 0 aliphatic heterocycles. The molecule has 1 aromatic rings. The minimum atomic E-state index is -3.29. The molecule has 2 amide bonds. The summed E-state index contributed by atoms with van der Waals surface area (Å²) in [6.45, 7) is 0. The van der Waals surface area contributed by atoms with Crippen LogP contribution in [0.5, 0.6) is 0 Å². The van der Waals surface area contributed by atoms with Crippen LogP contribution in [0.15, 0.2) is 18.2 Å². The Labute approximate surface area is 111 Å². The Bertz CT molecular complexity index is 494. The molecule has 0 radical (unpaired) electrons. The van der Waals surface area contributed by atoms with E-state index in [4.69, 9.17) is 24.7 Å². The minimum Gasteiger partial charge on any atom is -0.373 e. The standard InChI is InChI=1S/C11H16N2O5Si/c1-16-19(17-2,18-3)8-6-4-5-7(10(12)14)9(8)11(13)15/h4-6H,1-3H3,(H2,12,14)(H2,13,15). The van der Waals surface area contributed by atoms with Gasteiger partial charge in [-0.25, -0.2) is 0 Å². The summed E-state index contributed by atoms with van der Waals surface area (Å²) in [5.41, 5.74) is 10.5. The van der Waals surface area contributed by atoms with Gasteiger partial charge < -0.3 is 24.7 Å². The molecule has 7 nitrogen and oxygen atoms in total. The van der Waals surface area contributed by atoms with E-state index in [1.165, 1.54) is 27.4 Å². The zero-order valence-corrected chi connectivity index (χ0v) is 11.9. The maximum Gasteiger partial charge on any atom is 0.537 e. The predicted molar refractivity (Wildman–Crippen MR) is 69.9 cm³/mol. The third-order valence-electron chi connectivity index (χ3n) is 2.71. The number of primary amides is 2. The largest absolute Gasteiger partial charge is 0.537 e. The second-order valence-corrected chi connectivity index (χ2v) is 6.50. The zero-order valence-electron chi connectivity index (χ0n) is 10.9. The predicted octanol–water partition coefficient (Wildman–Crippen LogP) is -1.03. The van der Waals surface area contributed by atoms with Crippen molar-refractivity contribution in [1.82, 2.24) is 0 Å². The first-order valence-electron chi connectivity index (χ1n) is 5.32. The SMILES string of the molecule is CO[Si](OC)(OC)c1cccc(C(N)=O)c1C(N)=O. The Morgan fingerprint density at radius 2 is 1.53 bits per heavy atom. The summed E-state index contributed by atoms with van der Waals surface area (Å²) in [4.78, 5) is 23.0. The van der Waals surface area contributed by atoms with Crippen LogP contribution in [0.4, 0.5) is 0 Å². The Hall–Kier alpha value is -1.74. The first kappa shape index (κ1) is 15.3. The lowest BCUT2D eigenvalue weighted by Crippen LogP contribution is -2.57. The zero-order chi connectivity index (χ0) is 14.6. The smallest absolute Gasteiger partial charge is 0.373 e. The molecule has 0 aliphatic carbocycles. The highest BCUT2D eigenvalue weighted by Crippen LogP contribution is 2.14. The van der Waals surface area contributed by atoms with Crippen molar-refractivity contribution in [3.8, 4) is 0 Å². The number of benzene rings is 1. The van der Waals surface area contributed by atoms with Crippen molar-refractivity contribution in [3.05, 3.63) is 29.3 Å². The molecule has 0 heterocycles. The van der Waals surface area contributed by atoms with Gasteiger partial charge in [-0.15, -0.1) is 0 Å². The Balaban J connectivity index is 3.64. The van der Waals surface area contributed by atoms with Gasteiger partial charge in [-0.05, 0) is 6.07 Å². The fourth-order valence-corrected chi connectivity index (χ4v) is 3.88. The lowest BCUT2D eigenvalue weighted by Gasteiger charge is -2.26. The summed E-state index contributed by atoms with van der Waals surface area (Å²) in [5, 5.41) is 0.309. The number of rotatable bonds is 6. The molecule has 4 N–H and O–H groups in total. The van der Waals surface area contributed by atoms with Crippen LogP contribution < -0.4 is 16.7 Å². The van der Waals surface area contributed by atoms with Crippen molar-refractivity contribution >= 4 is 25.8 Å². The normalized spacial score (nSPS) is 11.3. The van der Waals surface area contributed by atoms with Gasteiger partial charge in [0, 0.05) is 26.5 Å². The van der Waals surface area contributed by atoms with E-state index in [-0.39, 0.29) is 11.1 Å². The van der Waals surface area contributed by atoms with Crippen LogP contribution in [0, 0.1) is 0 Å². The molecule has 0 saturated carbocycles. The van der Waals surface area contributed by atoms with Crippen LogP contribution in [0.1, 0.15) is 20.7 Å². The van der Waals surface area contributed by atoms with Crippen molar-refractivity contribution in [2.75, 3.05) is 21.3 Å². The molecule has 0 aromatic heterocycles. The molecule has 1 rings (SSSR count). The van der Waals surface area contributed by atoms with E-state index in [0.717, 1.165) is 0 Å². The molecule has 0 spiro atoms. The van der Waals surface area contributed by atoms with E-state index in [1.54, 1.807) is 12.1 Å². The Kier molecular flexibility index (Phi) is 4.78. The van der Waals surface area contributed by atoms with E-state index in [2.05, 4.69) is 0 Å². The number of hydrogen-bond donors (Lipinski definition) is 2. The molecular weight excluding hydrogens is 268 g/mol. The fourth-order valence-electron chi connectivity index (χ4n) is 1.86. The van der Waals surface area contributed by atoms with Gasteiger partial charge in [0.2, 0.25) is 11.8 Å². The summed E-state index contributed by atoms with van der Waals surface area (Å²) in [6, 6.07) is 4.53. The first-order valence-corrected chi connectivity index (χ1v) is 7.04. The van der Waals surface area contributed by atoms with Gasteiger partial charge in [0.15, 0.2) is 0 Å². The third kappa shape index (κ3) is 2.66. The van der Waals surface area contributed by atoms with Gasteiger partial charge in [-0.2, -0.15) is 0 Å². The van der Waals surface area contributed by atoms with Crippen LogP contribution in [-0.4, -0.2) is 41.9 Å². The van der Waals surface area contributed by atoms with Crippen molar-refractivity contribution in [2.24, 2.45) is 11.5 Å². The van der Waals surface area contributed by atoms with E-state index in [1.807, 2.05) is 0 Å². The van der Waals surface area contributed by atoms with E-state index in [0.29, 0.717) is 5.19 Å². The average Bonchev–Trinajstić information content (AvgIpc) is 2.40. The van der Waals surface area contributed by atoms with Gasteiger partial charge in [0.25, 0.3) is 0 Å². The fraction of sp³-hybridized carbons (Fsp3) is 0.273. The summed E-state index contributed by atoms with van der Waals surface area (Å²) < 4.78 is 15.8. The molecule has 0 bridgehead atoms. The quantitative estimate of drug-likeness (QED) is 0.648. The van der Waals surface area contributed by atoms with Crippen LogP contribution in [-0.2, 0) is 13.3 Å². The maximum absolute atomic E-state index is 11.6. The number of carbonyl (C=O) groups excluding carboxylic acids is 2. The molecule has 0 fully saturated rings. The Morgan fingerprint density at radius 3 is 1.89 bits per heavy atom. The van der Waals surface area contributed by atoms with E-state index >= 15 is 0 Å². The van der Waals surface area contributed by atoms with Crippen molar-refractivity contribution < 1.29 is 22.9 Å². The highest BCUT2D eigenvalue weighted by atomic mass is 28.4. The van der Waals surface area contributed by atoms with Crippen molar-refractivity contribution in [2.45, 2.75) is 0 Å². The van der Waals surface area contributed by atoms with Crippen LogP contribution in [0.3, 0.4) is 0 Å². The van der Waals surface area contributed by atoms with Crippen molar-refractivity contribution in [3.63, 3.8) is 0 Å². The number of nitrogens with two attached hydrogens (primary N) is 2. The molecule has 0 aliphatic rings. The number of carbonyl (C=O) groups is 2. The number of hydrogen-bond acceptors (Lipinski definition) is 5. The van der Waals surface area contributed by atoms with Crippen LogP contribution >= 0.6 is 0 Å². The lowest BCUT2D eigenvalue weighted by atomic mass is 10.1. The van der Waals surface area contributed by atoms with Crippen LogP contribution in [0.2, 0.25) is 0 Å². The summed E-state index contributed by atoms with van der Waals surface area (Å²) in [7, 11) is 0.883. The van der Waals surface area contributed by atoms with Gasteiger partial charge >= 0.3 is 8.80 Å². The highest BCUT2D eigenvalue weighted by Gasteiger charge is 2.44.